The van der Waals surface area contributed by atoms with Crippen molar-refractivity contribution in [1.29, 1.82) is 0 Å². The summed E-state index contributed by atoms with van der Waals surface area (Å²) in [5.41, 5.74) is 1.17. The second kappa shape index (κ2) is 10.8. The first-order chi connectivity index (χ1) is 12.1. The van der Waals surface area contributed by atoms with Crippen LogP contribution >= 0.6 is 11.8 Å². The summed E-state index contributed by atoms with van der Waals surface area (Å²) in [5, 5.41) is 0. The number of methoxy groups -OCH3 is 1. The molecule has 0 aromatic heterocycles. The van der Waals surface area contributed by atoms with Gasteiger partial charge >= 0.3 is 0 Å². The molecule has 0 aliphatic carbocycles. The maximum atomic E-state index is 13.0. The topological polar surface area (TPSA) is 32.8 Å². The number of hydrogen-bond acceptors (Lipinski definition) is 4. The molecule has 0 N–H and O–H groups in total. The Bertz CT molecular complexity index is 513. The molecule has 140 valence electrons. The summed E-state index contributed by atoms with van der Waals surface area (Å²) in [6.07, 6.45) is 7.06. The predicted molar refractivity (Wildman–Crippen MR) is 105 cm³/mol. The summed E-state index contributed by atoms with van der Waals surface area (Å²) in [6.45, 7) is 5.89. The highest BCUT2D eigenvalue weighted by Crippen LogP contribution is 2.17. The number of nitrogens with zero attached hydrogens (tertiary/aromatic N) is 2. The third-order valence-corrected chi connectivity index (χ3v) is 5.57. The molecule has 0 bridgehead atoms. The van der Waals surface area contributed by atoms with Crippen LogP contribution in [0.4, 0.5) is 0 Å². The number of amides is 1. The average Bonchev–Trinajstić information content (AvgIpc) is 2.89. The van der Waals surface area contributed by atoms with Gasteiger partial charge in [0.15, 0.2) is 0 Å². The number of carbonyl (C=O) groups is 1. The van der Waals surface area contributed by atoms with E-state index >= 15 is 0 Å². The Balaban J connectivity index is 2.03. The lowest BCUT2D eigenvalue weighted by molar-refractivity contribution is -0.136. The first-order valence-electron chi connectivity index (χ1n) is 9.27. The lowest BCUT2D eigenvalue weighted by Crippen LogP contribution is -2.46. The van der Waals surface area contributed by atoms with E-state index in [0.29, 0.717) is 19.7 Å². The molecule has 1 saturated heterocycles. The molecule has 1 atom stereocenters. The molecule has 2 rings (SSSR count). The van der Waals surface area contributed by atoms with Crippen LogP contribution in [0.3, 0.4) is 0 Å². The zero-order valence-electron chi connectivity index (χ0n) is 15.9. The van der Waals surface area contributed by atoms with Gasteiger partial charge in [-0.3, -0.25) is 9.69 Å². The van der Waals surface area contributed by atoms with E-state index in [4.69, 9.17) is 4.74 Å². The summed E-state index contributed by atoms with van der Waals surface area (Å²) in [6, 6.07) is 8.57. The Morgan fingerprint density at radius 1 is 1.20 bits per heavy atom. The molecule has 1 fully saturated rings. The molecule has 0 spiro atoms. The summed E-state index contributed by atoms with van der Waals surface area (Å²) >= 11 is 1.74. The van der Waals surface area contributed by atoms with Crippen LogP contribution < -0.4 is 0 Å². The second-order valence-electron chi connectivity index (χ2n) is 6.86. The summed E-state index contributed by atoms with van der Waals surface area (Å²) in [7, 11) is 1.70. The number of hydrogen-bond donors (Lipinski definition) is 0. The molecule has 1 heterocycles. The van der Waals surface area contributed by atoms with Crippen molar-refractivity contribution in [3.8, 4) is 0 Å². The Morgan fingerprint density at radius 3 is 2.40 bits per heavy atom. The number of ether oxygens (including phenoxy) is 1. The van der Waals surface area contributed by atoms with Gasteiger partial charge < -0.3 is 9.64 Å². The van der Waals surface area contributed by atoms with Gasteiger partial charge in [0.1, 0.15) is 0 Å². The second-order valence-corrected chi connectivity index (χ2v) is 7.74. The fourth-order valence-corrected chi connectivity index (χ4v) is 3.73. The van der Waals surface area contributed by atoms with Gasteiger partial charge in [-0.1, -0.05) is 25.0 Å². The maximum absolute atomic E-state index is 13.0. The summed E-state index contributed by atoms with van der Waals surface area (Å²) < 4.78 is 5.31. The van der Waals surface area contributed by atoms with E-state index in [1.165, 1.54) is 36.1 Å². The van der Waals surface area contributed by atoms with Gasteiger partial charge in [0, 0.05) is 18.6 Å². The largest absolute Gasteiger partial charge is 0.383 e. The van der Waals surface area contributed by atoms with E-state index in [1.807, 2.05) is 4.90 Å². The Labute approximate surface area is 156 Å². The van der Waals surface area contributed by atoms with Gasteiger partial charge in [0.25, 0.3) is 0 Å². The zero-order valence-corrected chi connectivity index (χ0v) is 16.7. The first kappa shape index (κ1) is 20.3. The van der Waals surface area contributed by atoms with Crippen LogP contribution in [0, 0.1) is 0 Å². The van der Waals surface area contributed by atoms with Crippen molar-refractivity contribution in [3.05, 3.63) is 29.8 Å². The van der Waals surface area contributed by atoms with Crippen LogP contribution in [0.25, 0.3) is 0 Å². The highest BCUT2D eigenvalue weighted by molar-refractivity contribution is 7.98. The third kappa shape index (κ3) is 6.65. The fraction of sp³-hybridized carbons (Fsp3) is 0.650. The molecule has 1 aliphatic rings. The Kier molecular flexibility index (Phi) is 8.79. The molecule has 1 aromatic carbocycles. The normalized spacial score (nSPS) is 17.1. The number of likely N-dealkylation sites (tertiary alicyclic amines) is 1. The molecule has 1 unspecified atom stereocenters. The molecule has 5 heteroatoms. The molecule has 4 nitrogen and oxygen atoms in total. The molecule has 0 radical (unpaired) electrons. The lowest BCUT2D eigenvalue weighted by Gasteiger charge is -2.31. The molecule has 25 heavy (non-hydrogen) atoms. The minimum Gasteiger partial charge on any atom is -0.383 e. The predicted octanol–water partition coefficient (Wildman–Crippen LogP) is 3.65. The van der Waals surface area contributed by atoms with Gasteiger partial charge in [0.05, 0.1) is 19.2 Å². The number of benzene rings is 1. The lowest BCUT2D eigenvalue weighted by atomic mass is 10.1. The smallest absolute Gasteiger partial charge is 0.237 e. The third-order valence-electron chi connectivity index (χ3n) is 4.83. The van der Waals surface area contributed by atoms with Crippen LogP contribution in [0.1, 0.15) is 38.2 Å². The molecular formula is C20H32N2O2S. The quantitative estimate of drug-likeness (QED) is 0.659. The van der Waals surface area contributed by atoms with Crippen molar-refractivity contribution in [1.82, 2.24) is 9.80 Å². The minimum atomic E-state index is 0.0738. The van der Waals surface area contributed by atoms with Crippen molar-refractivity contribution in [3.63, 3.8) is 0 Å². The van der Waals surface area contributed by atoms with Crippen molar-refractivity contribution < 1.29 is 9.53 Å². The maximum Gasteiger partial charge on any atom is 0.237 e. The van der Waals surface area contributed by atoms with E-state index in [9.17, 15) is 4.79 Å². The van der Waals surface area contributed by atoms with Crippen molar-refractivity contribution in [2.45, 2.75) is 50.1 Å². The van der Waals surface area contributed by atoms with Gasteiger partial charge in [-0.15, -0.1) is 11.8 Å². The van der Waals surface area contributed by atoms with Crippen molar-refractivity contribution >= 4 is 17.7 Å². The highest BCUT2D eigenvalue weighted by Gasteiger charge is 2.23. The van der Waals surface area contributed by atoms with Crippen molar-refractivity contribution in [2.75, 3.05) is 39.6 Å². The molecule has 1 amide bonds. The van der Waals surface area contributed by atoms with Gasteiger partial charge in [-0.2, -0.15) is 0 Å². The number of thioether (sulfide) groups is 1. The summed E-state index contributed by atoms with van der Waals surface area (Å²) in [4.78, 5) is 18.5. The highest BCUT2D eigenvalue weighted by atomic mass is 32.2. The van der Waals surface area contributed by atoms with Gasteiger partial charge in [-0.25, -0.2) is 0 Å². The Morgan fingerprint density at radius 2 is 1.84 bits per heavy atom. The standard InChI is InChI=1S/C20H32N2O2S/c1-17(16-24-2)22(14-18-8-10-19(25-3)11-9-18)20(23)15-21-12-6-4-5-7-13-21/h8-11,17H,4-7,12-16H2,1-3H3. The molecular weight excluding hydrogens is 332 g/mol. The SMILES string of the molecule is COCC(C)N(Cc1ccc(SC)cc1)C(=O)CN1CCCCCC1. The van der Waals surface area contributed by atoms with Gasteiger partial charge in [0.2, 0.25) is 5.91 Å². The van der Waals surface area contributed by atoms with E-state index in [-0.39, 0.29) is 11.9 Å². The number of rotatable bonds is 8. The van der Waals surface area contributed by atoms with Crippen LogP contribution in [-0.2, 0) is 16.1 Å². The Hall–Kier alpha value is -1.04. The van der Waals surface area contributed by atoms with E-state index in [1.54, 1.807) is 18.9 Å². The zero-order chi connectivity index (χ0) is 18.1. The fourth-order valence-electron chi connectivity index (χ4n) is 3.33. The van der Waals surface area contributed by atoms with Crippen LogP contribution in [0.5, 0.6) is 0 Å². The minimum absolute atomic E-state index is 0.0738. The van der Waals surface area contributed by atoms with E-state index in [0.717, 1.165) is 13.1 Å². The first-order valence-corrected chi connectivity index (χ1v) is 10.5. The van der Waals surface area contributed by atoms with Gasteiger partial charge in [-0.05, 0) is 56.8 Å². The molecule has 0 saturated carbocycles. The monoisotopic (exact) mass is 364 g/mol. The summed E-state index contributed by atoms with van der Waals surface area (Å²) in [5.74, 6) is 0.209. The number of carbonyl (C=O) groups excluding carboxylic acids is 1. The van der Waals surface area contributed by atoms with E-state index in [2.05, 4.69) is 42.3 Å². The van der Waals surface area contributed by atoms with Crippen LogP contribution in [0.15, 0.2) is 29.2 Å². The van der Waals surface area contributed by atoms with Crippen molar-refractivity contribution in [2.24, 2.45) is 0 Å². The van der Waals surface area contributed by atoms with Crippen LogP contribution in [0.2, 0.25) is 0 Å². The molecule has 1 aliphatic heterocycles. The van der Waals surface area contributed by atoms with E-state index < -0.39 is 0 Å². The molecule has 1 aromatic rings. The van der Waals surface area contributed by atoms with Crippen LogP contribution in [-0.4, -0.2) is 61.4 Å². The average molecular weight is 365 g/mol.